The molecule has 0 bridgehead atoms. The zero-order valence-corrected chi connectivity index (χ0v) is 9.70. The summed E-state index contributed by atoms with van der Waals surface area (Å²) in [5, 5.41) is 0. The van der Waals surface area contributed by atoms with Crippen molar-refractivity contribution in [3.63, 3.8) is 0 Å². The van der Waals surface area contributed by atoms with Crippen LogP contribution in [-0.2, 0) is 5.41 Å². The van der Waals surface area contributed by atoms with Crippen LogP contribution in [0, 0.1) is 0 Å². The van der Waals surface area contributed by atoms with Gasteiger partial charge in [-0.2, -0.15) is 0 Å². The van der Waals surface area contributed by atoms with Crippen molar-refractivity contribution in [2.45, 2.75) is 24.9 Å². The van der Waals surface area contributed by atoms with Crippen LogP contribution < -0.4 is 4.90 Å². The van der Waals surface area contributed by atoms with Gasteiger partial charge in [0.15, 0.2) is 0 Å². The summed E-state index contributed by atoms with van der Waals surface area (Å²) in [4.78, 5) is 4.91. The van der Waals surface area contributed by atoms with E-state index in [0.29, 0.717) is 11.6 Å². The molecule has 0 N–H and O–H groups in total. The number of likely N-dealkylation sites (tertiary alicyclic amines) is 1. The fourth-order valence-electron chi connectivity index (χ4n) is 3.54. The number of rotatable bonds is 0. The van der Waals surface area contributed by atoms with Gasteiger partial charge in [-0.3, -0.25) is 4.90 Å². The van der Waals surface area contributed by atoms with Crippen molar-refractivity contribution in [2.75, 3.05) is 25.5 Å². The molecule has 2 aliphatic heterocycles. The number of likely N-dealkylation sites (N-methyl/N-ethyl adjacent to an activating group) is 2. The van der Waals surface area contributed by atoms with E-state index in [2.05, 4.69) is 55.1 Å². The lowest BCUT2D eigenvalue weighted by molar-refractivity contribution is 0.268. The Morgan fingerprint density at radius 1 is 1.27 bits per heavy atom. The fraction of sp³-hybridized carbons (Fsp3) is 0.538. The highest BCUT2D eigenvalue weighted by molar-refractivity contribution is 5.64. The highest BCUT2D eigenvalue weighted by atomic mass is 15.4. The molecular formula is C13H18N2. The van der Waals surface area contributed by atoms with Crippen LogP contribution in [0.4, 0.5) is 5.69 Å². The molecule has 1 aromatic rings. The highest BCUT2D eigenvalue weighted by Crippen LogP contribution is 2.50. The van der Waals surface area contributed by atoms with Crippen molar-refractivity contribution in [2.24, 2.45) is 0 Å². The zero-order valence-electron chi connectivity index (χ0n) is 9.70. The third kappa shape index (κ3) is 0.979. The maximum absolute atomic E-state index is 2.47. The molecule has 0 aromatic heterocycles. The lowest BCUT2D eigenvalue weighted by Gasteiger charge is -2.32. The minimum atomic E-state index is 0.333. The van der Waals surface area contributed by atoms with Crippen LogP contribution in [0.15, 0.2) is 24.3 Å². The lowest BCUT2D eigenvalue weighted by atomic mass is 9.81. The van der Waals surface area contributed by atoms with Gasteiger partial charge in [-0.25, -0.2) is 0 Å². The monoisotopic (exact) mass is 202 g/mol. The molecule has 1 fully saturated rings. The molecule has 1 saturated heterocycles. The van der Waals surface area contributed by atoms with Gasteiger partial charge in [0.2, 0.25) is 0 Å². The minimum Gasteiger partial charge on any atom is -0.358 e. The lowest BCUT2D eigenvalue weighted by Crippen LogP contribution is -2.45. The SMILES string of the molecule is CN1CC[C@@]2(C)c3ccccc3N(C)[C@@H]12. The molecule has 0 radical (unpaired) electrons. The second kappa shape index (κ2) is 2.76. The maximum Gasteiger partial charge on any atom is 0.0911 e. The summed E-state index contributed by atoms with van der Waals surface area (Å²) in [6.07, 6.45) is 1.82. The Hall–Kier alpha value is -1.02. The highest BCUT2D eigenvalue weighted by Gasteiger charge is 2.51. The van der Waals surface area contributed by atoms with Crippen LogP contribution in [0.3, 0.4) is 0 Å². The Kier molecular flexibility index (Phi) is 1.70. The van der Waals surface area contributed by atoms with Gasteiger partial charge < -0.3 is 4.90 Å². The minimum absolute atomic E-state index is 0.333. The van der Waals surface area contributed by atoms with E-state index >= 15 is 0 Å². The van der Waals surface area contributed by atoms with Crippen molar-refractivity contribution in [1.82, 2.24) is 4.90 Å². The van der Waals surface area contributed by atoms with Crippen molar-refractivity contribution in [1.29, 1.82) is 0 Å². The molecule has 3 rings (SSSR count). The fourth-order valence-corrected chi connectivity index (χ4v) is 3.54. The Labute approximate surface area is 91.5 Å². The van der Waals surface area contributed by atoms with E-state index in [4.69, 9.17) is 0 Å². The largest absolute Gasteiger partial charge is 0.358 e. The molecule has 0 aliphatic carbocycles. The van der Waals surface area contributed by atoms with Gasteiger partial charge in [0.1, 0.15) is 0 Å². The van der Waals surface area contributed by atoms with E-state index in [-0.39, 0.29) is 0 Å². The van der Waals surface area contributed by atoms with E-state index in [1.54, 1.807) is 0 Å². The zero-order chi connectivity index (χ0) is 10.6. The number of nitrogens with zero attached hydrogens (tertiary/aromatic N) is 2. The standard InChI is InChI=1S/C13H18N2/c1-13-8-9-14(2)12(13)15(3)11-7-5-4-6-10(11)13/h4-7,12H,8-9H2,1-3H3/t12-,13+/m1/s1. The topological polar surface area (TPSA) is 6.48 Å². The van der Waals surface area contributed by atoms with Gasteiger partial charge >= 0.3 is 0 Å². The summed E-state index contributed by atoms with van der Waals surface area (Å²) < 4.78 is 0. The third-order valence-electron chi connectivity index (χ3n) is 4.24. The van der Waals surface area contributed by atoms with Crippen molar-refractivity contribution in [3.05, 3.63) is 29.8 Å². The number of hydrogen-bond acceptors (Lipinski definition) is 2. The number of anilines is 1. The van der Waals surface area contributed by atoms with E-state index in [1.807, 2.05) is 0 Å². The van der Waals surface area contributed by atoms with Crippen LogP contribution >= 0.6 is 0 Å². The molecular weight excluding hydrogens is 184 g/mol. The van der Waals surface area contributed by atoms with Gasteiger partial charge in [0, 0.05) is 24.7 Å². The normalized spacial score (nSPS) is 34.3. The van der Waals surface area contributed by atoms with Crippen LogP contribution in [0.5, 0.6) is 0 Å². The van der Waals surface area contributed by atoms with Crippen molar-refractivity contribution < 1.29 is 0 Å². The van der Waals surface area contributed by atoms with Gasteiger partial charge in [-0.15, -0.1) is 0 Å². The molecule has 80 valence electrons. The molecule has 0 saturated carbocycles. The summed E-state index contributed by atoms with van der Waals surface area (Å²) in [5.74, 6) is 0. The summed E-state index contributed by atoms with van der Waals surface area (Å²) in [5.41, 5.74) is 3.28. The van der Waals surface area contributed by atoms with Crippen LogP contribution in [-0.4, -0.2) is 31.7 Å². The van der Waals surface area contributed by atoms with Gasteiger partial charge in [-0.1, -0.05) is 25.1 Å². The quantitative estimate of drug-likeness (QED) is 0.635. The number of benzene rings is 1. The van der Waals surface area contributed by atoms with Gasteiger partial charge in [-0.05, 0) is 25.1 Å². The first-order chi connectivity index (χ1) is 7.14. The van der Waals surface area contributed by atoms with E-state index in [1.165, 1.54) is 24.2 Å². The number of para-hydroxylation sites is 1. The third-order valence-corrected chi connectivity index (χ3v) is 4.24. The van der Waals surface area contributed by atoms with Crippen molar-refractivity contribution in [3.8, 4) is 0 Å². The molecule has 1 aromatic carbocycles. The molecule has 2 nitrogen and oxygen atoms in total. The number of hydrogen-bond donors (Lipinski definition) is 0. The summed E-state index contributed by atoms with van der Waals surface area (Å²) in [7, 11) is 4.45. The smallest absolute Gasteiger partial charge is 0.0911 e. The number of fused-ring (bicyclic) bond motifs is 3. The molecule has 0 unspecified atom stereocenters. The second-order valence-corrected chi connectivity index (χ2v) is 5.15. The Bertz CT molecular complexity index is 401. The average molecular weight is 202 g/mol. The Morgan fingerprint density at radius 3 is 2.80 bits per heavy atom. The first-order valence-corrected chi connectivity index (χ1v) is 5.67. The molecule has 2 aliphatic rings. The van der Waals surface area contributed by atoms with Gasteiger partial charge in [0.05, 0.1) is 6.17 Å². The molecule has 0 spiro atoms. The van der Waals surface area contributed by atoms with Crippen molar-refractivity contribution >= 4 is 5.69 Å². The Balaban J connectivity index is 2.19. The van der Waals surface area contributed by atoms with E-state index < -0.39 is 0 Å². The predicted octanol–water partition coefficient (Wildman–Crippen LogP) is 2.06. The summed E-state index contributed by atoms with van der Waals surface area (Å²) >= 11 is 0. The molecule has 0 amide bonds. The first kappa shape index (κ1) is 9.22. The average Bonchev–Trinajstić information content (AvgIpc) is 2.65. The van der Waals surface area contributed by atoms with E-state index in [0.717, 1.165) is 0 Å². The second-order valence-electron chi connectivity index (χ2n) is 5.15. The Morgan fingerprint density at radius 2 is 2.00 bits per heavy atom. The molecule has 15 heavy (non-hydrogen) atoms. The van der Waals surface area contributed by atoms with Crippen LogP contribution in [0.2, 0.25) is 0 Å². The van der Waals surface area contributed by atoms with Crippen LogP contribution in [0.25, 0.3) is 0 Å². The molecule has 2 heterocycles. The first-order valence-electron chi connectivity index (χ1n) is 5.67. The van der Waals surface area contributed by atoms with Gasteiger partial charge in [0.25, 0.3) is 0 Å². The summed E-state index contributed by atoms with van der Waals surface area (Å²) in [6, 6.07) is 8.84. The maximum atomic E-state index is 2.47. The predicted molar refractivity (Wildman–Crippen MR) is 63.2 cm³/mol. The van der Waals surface area contributed by atoms with E-state index in [9.17, 15) is 0 Å². The van der Waals surface area contributed by atoms with Crippen LogP contribution in [0.1, 0.15) is 18.9 Å². The summed E-state index contributed by atoms with van der Waals surface area (Å²) in [6.45, 7) is 3.61. The molecule has 2 atom stereocenters. The molecule has 2 heteroatoms.